The standard InChI is InChI=1S/C12H15Cl2NOS/c13-9-6-11(14)12(15-7-9)8-17(16)10-4-2-1-3-5-10/h6-7,10H,1-5,8H2/t17-/m1/s1. The van der Waals surface area contributed by atoms with Crippen LogP contribution in [-0.2, 0) is 16.6 Å². The van der Waals surface area contributed by atoms with E-state index in [9.17, 15) is 4.21 Å². The van der Waals surface area contributed by atoms with Gasteiger partial charge in [0.15, 0.2) is 0 Å². The Balaban J connectivity index is 2.02. The van der Waals surface area contributed by atoms with Crippen molar-refractivity contribution < 1.29 is 4.21 Å². The largest absolute Gasteiger partial charge is 0.259 e. The molecule has 17 heavy (non-hydrogen) atoms. The summed E-state index contributed by atoms with van der Waals surface area (Å²) in [5.41, 5.74) is 0.694. The number of hydrogen-bond acceptors (Lipinski definition) is 2. The van der Waals surface area contributed by atoms with E-state index in [1.807, 2.05) is 0 Å². The molecule has 1 aromatic heterocycles. The summed E-state index contributed by atoms with van der Waals surface area (Å²) in [5.74, 6) is 0.445. The molecule has 1 aliphatic rings. The van der Waals surface area contributed by atoms with Gasteiger partial charge in [0.1, 0.15) is 0 Å². The Morgan fingerprint density at radius 3 is 2.65 bits per heavy atom. The van der Waals surface area contributed by atoms with Crippen molar-refractivity contribution in [3.63, 3.8) is 0 Å². The van der Waals surface area contributed by atoms with E-state index in [0.717, 1.165) is 12.8 Å². The van der Waals surface area contributed by atoms with Crippen molar-refractivity contribution in [2.45, 2.75) is 43.1 Å². The molecule has 1 fully saturated rings. The molecule has 0 aliphatic heterocycles. The maximum Gasteiger partial charge on any atom is 0.0715 e. The van der Waals surface area contributed by atoms with Crippen LogP contribution in [0.25, 0.3) is 0 Å². The fraction of sp³-hybridized carbons (Fsp3) is 0.583. The molecule has 1 saturated carbocycles. The topological polar surface area (TPSA) is 30.0 Å². The highest BCUT2D eigenvalue weighted by Gasteiger charge is 2.21. The first kappa shape index (κ1) is 13.3. The Labute approximate surface area is 114 Å². The van der Waals surface area contributed by atoms with Crippen LogP contribution in [0.4, 0.5) is 0 Å². The molecule has 0 radical (unpaired) electrons. The second-order valence-corrected chi connectivity index (χ2v) is 6.93. The van der Waals surface area contributed by atoms with E-state index in [1.54, 1.807) is 12.3 Å². The van der Waals surface area contributed by atoms with Crippen molar-refractivity contribution in [3.05, 3.63) is 28.0 Å². The van der Waals surface area contributed by atoms with Crippen LogP contribution >= 0.6 is 23.2 Å². The summed E-state index contributed by atoms with van der Waals surface area (Å²) in [6, 6.07) is 1.66. The van der Waals surface area contributed by atoms with Crippen LogP contribution in [0, 0.1) is 0 Å². The highest BCUT2D eigenvalue weighted by atomic mass is 35.5. The monoisotopic (exact) mass is 291 g/mol. The summed E-state index contributed by atoms with van der Waals surface area (Å²) in [4.78, 5) is 4.16. The lowest BCUT2D eigenvalue weighted by Crippen LogP contribution is -2.20. The van der Waals surface area contributed by atoms with Gasteiger partial charge in [0, 0.05) is 22.2 Å². The molecule has 1 atom stereocenters. The van der Waals surface area contributed by atoms with Crippen LogP contribution in [-0.4, -0.2) is 14.4 Å². The predicted octanol–water partition coefficient (Wildman–Crippen LogP) is 3.97. The zero-order valence-electron chi connectivity index (χ0n) is 9.49. The average molecular weight is 292 g/mol. The summed E-state index contributed by atoms with van der Waals surface area (Å²) in [6.45, 7) is 0. The molecular formula is C12H15Cl2NOS. The molecule has 0 aromatic carbocycles. The van der Waals surface area contributed by atoms with Crippen molar-refractivity contribution in [3.8, 4) is 0 Å². The van der Waals surface area contributed by atoms with Crippen molar-refractivity contribution in [2.24, 2.45) is 0 Å². The summed E-state index contributed by atoms with van der Waals surface area (Å²) < 4.78 is 12.2. The third-order valence-corrected chi connectivity index (χ3v) is 5.39. The van der Waals surface area contributed by atoms with Crippen molar-refractivity contribution >= 4 is 34.0 Å². The highest BCUT2D eigenvalue weighted by Crippen LogP contribution is 2.25. The van der Waals surface area contributed by atoms with Crippen LogP contribution in [0.15, 0.2) is 12.3 Å². The van der Waals surface area contributed by atoms with E-state index >= 15 is 0 Å². The number of aromatic nitrogens is 1. The Morgan fingerprint density at radius 2 is 2.00 bits per heavy atom. The third-order valence-electron chi connectivity index (χ3n) is 3.09. The first-order valence-corrected chi connectivity index (χ1v) is 7.97. The van der Waals surface area contributed by atoms with Gasteiger partial charge in [-0.05, 0) is 18.9 Å². The fourth-order valence-electron chi connectivity index (χ4n) is 2.13. The lowest BCUT2D eigenvalue weighted by Gasteiger charge is -2.20. The normalized spacial score (nSPS) is 19.2. The highest BCUT2D eigenvalue weighted by molar-refractivity contribution is 7.84. The van der Waals surface area contributed by atoms with Crippen LogP contribution in [0.2, 0.25) is 10.0 Å². The van der Waals surface area contributed by atoms with E-state index in [4.69, 9.17) is 23.2 Å². The van der Waals surface area contributed by atoms with Gasteiger partial charge in [0.2, 0.25) is 0 Å². The summed E-state index contributed by atoms with van der Waals surface area (Å²) in [5, 5.41) is 1.35. The van der Waals surface area contributed by atoms with E-state index in [-0.39, 0.29) is 0 Å². The van der Waals surface area contributed by atoms with Gasteiger partial charge in [0.05, 0.1) is 21.5 Å². The zero-order chi connectivity index (χ0) is 12.3. The third kappa shape index (κ3) is 3.67. The van der Waals surface area contributed by atoms with Gasteiger partial charge in [-0.2, -0.15) is 0 Å². The molecule has 1 heterocycles. The second-order valence-electron chi connectivity index (χ2n) is 4.37. The Kier molecular flexibility index (Phi) is 4.83. The first-order valence-electron chi connectivity index (χ1n) is 5.84. The molecule has 0 saturated heterocycles. The predicted molar refractivity (Wildman–Crippen MR) is 73.0 cm³/mol. The van der Waals surface area contributed by atoms with Crippen LogP contribution in [0.1, 0.15) is 37.8 Å². The van der Waals surface area contributed by atoms with E-state index in [1.165, 1.54) is 19.3 Å². The van der Waals surface area contributed by atoms with Gasteiger partial charge < -0.3 is 0 Å². The molecular weight excluding hydrogens is 277 g/mol. The second kappa shape index (κ2) is 6.17. The van der Waals surface area contributed by atoms with Crippen molar-refractivity contribution in [2.75, 3.05) is 0 Å². The number of hydrogen-bond donors (Lipinski definition) is 0. The van der Waals surface area contributed by atoms with E-state index in [2.05, 4.69) is 4.98 Å². The Bertz CT molecular complexity index is 419. The van der Waals surface area contributed by atoms with Crippen LogP contribution in [0.3, 0.4) is 0 Å². The average Bonchev–Trinajstić information content (AvgIpc) is 2.34. The summed E-state index contributed by atoms with van der Waals surface area (Å²) in [6.07, 6.45) is 7.35. The molecule has 0 N–H and O–H groups in total. The van der Waals surface area contributed by atoms with Crippen molar-refractivity contribution in [1.82, 2.24) is 4.98 Å². The lowest BCUT2D eigenvalue weighted by molar-refractivity contribution is 0.504. The summed E-state index contributed by atoms with van der Waals surface area (Å²) >= 11 is 11.8. The van der Waals surface area contributed by atoms with Crippen molar-refractivity contribution in [1.29, 1.82) is 0 Å². The van der Waals surface area contributed by atoms with E-state index in [0.29, 0.717) is 26.7 Å². The van der Waals surface area contributed by atoms with E-state index < -0.39 is 10.8 Å². The molecule has 5 heteroatoms. The minimum absolute atomic E-state index is 0.317. The quantitative estimate of drug-likeness (QED) is 0.843. The van der Waals surface area contributed by atoms with Gasteiger partial charge in [0.25, 0.3) is 0 Å². The number of rotatable bonds is 3. The molecule has 94 valence electrons. The van der Waals surface area contributed by atoms with Gasteiger partial charge in [-0.3, -0.25) is 9.19 Å². The van der Waals surface area contributed by atoms with Crippen LogP contribution in [0.5, 0.6) is 0 Å². The first-order chi connectivity index (χ1) is 8.16. The summed E-state index contributed by atoms with van der Waals surface area (Å²) in [7, 11) is -0.864. The lowest BCUT2D eigenvalue weighted by atomic mass is 10.0. The smallest absolute Gasteiger partial charge is 0.0715 e. The zero-order valence-corrected chi connectivity index (χ0v) is 11.8. The molecule has 0 unspecified atom stereocenters. The maximum absolute atomic E-state index is 12.2. The Hall–Kier alpha value is -0.120. The maximum atomic E-state index is 12.2. The molecule has 0 amide bonds. The SMILES string of the molecule is O=[S@](Cc1ncc(Cl)cc1Cl)C1CCCCC1. The number of pyridine rings is 1. The molecule has 1 aromatic rings. The molecule has 2 rings (SSSR count). The van der Waals surface area contributed by atoms with Gasteiger partial charge >= 0.3 is 0 Å². The van der Waals surface area contributed by atoms with Gasteiger partial charge in [-0.15, -0.1) is 0 Å². The molecule has 0 bridgehead atoms. The van der Waals surface area contributed by atoms with Gasteiger partial charge in [-0.25, -0.2) is 0 Å². The molecule has 2 nitrogen and oxygen atoms in total. The number of halogens is 2. The fourth-order valence-corrected chi connectivity index (χ4v) is 4.25. The van der Waals surface area contributed by atoms with Crippen LogP contribution < -0.4 is 0 Å². The minimum atomic E-state index is -0.864. The molecule has 1 aliphatic carbocycles. The number of nitrogens with zero attached hydrogens (tertiary/aromatic N) is 1. The minimum Gasteiger partial charge on any atom is -0.259 e. The van der Waals surface area contributed by atoms with Gasteiger partial charge in [-0.1, -0.05) is 42.5 Å². The molecule has 0 spiro atoms. The Morgan fingerprint density at radius 1 is 1.29 bits per heavy atom.